The summed E-state index contributed by atoms with van der Waals surface area (Å²) in [6, 6.07) is 0. The molecule has 0 saturated heterocycles. The average molecular weight is 142 g/mol. The van der Waals surface area contributed by atoms with Crippen molar-refractivity contribution in [3.05, 3.63) is 11.6 Å². The fourth-order valence-corrected chi connectivity index (χ4v) is 1.44. The van der Waals surface area contributed by atoms with E-state index < -0.39 is 6.17 Å². The predicted octanol–water partition coefficient (Wildman–Crippen LogP) is 3.09. The zero-order chi connectivity index (χ0) is 7.56. The number of hydrogen-bond acceptors (Lipinski definition) is 0. The third-order valence-corrected chi connectivity index (χ3v) is 2.26. The van der Waals surface area contributed by atoms with Crippen LogP contribution in [0, 0.1) is 5.92 Å². The SMILES string of the molecule is CCC1=CC(C)C(F)CC1. The fourth-order valence-electron chi connectivity index (χ4n) is 1.44. The summed E-state index contributed by atoms with van der Waals surface area (Å²) in [6.45, 7) is 4.09. The number of halogens is 1. The molecule has 1 heteroatoms. The van der Waals surface area contributed by atoms with Crippen LogP contribution in [0.25, 0.3) is 0 Å². The molecule has 10 heavy (non-hydrogen) atoms. The van der Waals surface area contributed by atoms with Gasteiger partial charge in [0.05, 0.1) is 0 Å². The molecule has 0 fully saturated rings. The molecule has 0 aromatic carbocycles. The number of alkyl halides is 1. The van der Waals surface area contributed by atoms with Crippen LogP contribution in [0.3, 0.4) is 0 Å². The van der Waals surface area contributed by atoms with E-state index in [4.69, 9.17) is 0 Å². The van der Waals surface area contributed by atoms with Gasteiger partial charge in [-0.05, 0) is 19.3 Å². The third-order valence-electron chi connectivity index (χ3n) is 2.26. The molecular formula is C9H15F. The minimum Gasteiger partial charge on any atom is -0.247 e. The number of allylic oxidation sites excluding steroid dienone is 2. The van der Waals surface area contributed by atoms with Gasteiger partial charge in [0.2, 0.25) is 0 Å². The molecule has 2 atom stereocenters. The van der Waals surface area contributed by atoms with Crippen LogP contribution >= 0.6 is 0 Å². The van der Waals surface area contributed by atoms with Crippen molar-refractivity contribution < 1.29 is 4.39 Å². The monoisotopic (exact) mass is 142 g/mol. The van der Waals surface area contributed by atoms with E-state index in [0.29, 0.717) is 0 Å². The second kappa shape index (κ2) is 3.18. The van der Waals surface area contributed by atoms with Gasteiger partial charge in [-0.15, -0.1) is 0 Å². The van der Waals surface area contributed by atoms with Crippen LogP contribution in [0.2, 0.25) is 0 Å². The fraction of sp³-hybridized carbons (Fsp3) is 0.778. The maximum atomic E-state index is 12.8. The molecule has 0 N–H and O–H groups in total. The summed E-state index contributed by atoms with van der Waals surface area (Å²) in [4.78, 5) is 0. The summed E-state index contributed by atoms with van der Waals surface area (Å²) in [6.07, 6.45) is 4.31. The van der Waals surface area contributed by atoms with Gasteiger partial charge in [0.1, 0.15) is 6.17 Å². The minimum atomic E-state index is -0.588. The molecule has 1 aliphatic rings. The third kappa shape index (κ3) is 1.59. The van der Waals surface area contributed by atoms with Gasteiger partial charge < -0.3 is 0 Å². The molecule has 1 rings (SSSR count). The van der Waals surface area contributed by atoms with Gasteiger partial charge in [-0.25, -0.2) is 4.39 Å². The molecule has 0 aromatic rings. The van der Waals surface area contributed by atoms with Crippen LogP contribution in [0.5, 0.6) is 0 Å². The highest BCUT2D eigenvalue weighted by molar-refractivity contribution is 5.08. The van der Waals surface area contributed by atoms with E-state index >= 15 is 0 Å². The second-order valence-electron chi connectivity index (χ2n) is 3.09. The van der Waals surface area contributed by atoms with Crippen LogP contribution in [-0.2, 0) is 0 Å². The van der Waals surface area contributed by atoms with Gasteiger partial charge in [0.15, 0.2) is 0 Å². The molecule has 0 aromatic heterocycles. The lowest BCUT2D eigenvalue weighted by atomic mass is 9.89. The van der Waals surface area contributed by atoms with E-state index in [2.05, 4.69) is 13.0 Å². The second-order valence-corrected chi connectivity index (χ2v) is 3.09. The molecule has 2 unspecified atom stereocenters. The first-order valence-electron chi connectivity index (χ1n) is 4.07. The van der Waals surface area contributed by atoms with E-state index in [9.17, 15) is 4.39 Å². The smallest absolute Gasteiger partial charge is 0.106 e. The highest BCUT2D eigenvalue weighted by Gasteiger charge is 2.18. The maximum absolute atomic E-state index is 12.8. The summed E-state index contributed by atoms with van der Waals surface area (Å²) in [7, 11) is 0. The Bertz CT molecular complexity index is 138. The van der Waals surface area contributed by atoms with Gasteiger partial charge in [-0.2, -0.15) is 0 Å². The molecule has 58 valence electrons. The van der Waals surface area contributed by atoms with Crippen LogP contribution in [0.4, 0.5) is 4.39 Å². The van der Waals surface area contributed by atoms with E-state index in [0.717, 1.165) is 19.3 Å². The zero-order valence-electron chi connectivity index (χ0n) is 6.73. The van der Waals surface area contributed by atoms with Crippen LogP contribution < -0.4 is 0 Å². The summed E-state index contributed by atoms with van der Waals surface area (Å²) in [5.74, 6) is 0.156. The first-order valence-corrected chi connectivity index (χ1v) is 4.07. The van der Waals surface area contributed by atoms with Crippen molar-refractivity contribution in [1.29, 1.82) is 0 Å². The van der Waals surface area contributed by atoms with E-state index in [1.54, 1.807) is 0 Å². The molecule has 0 heterocycles. The molecule has 1 aliphatic carbocycles. The Morgan fingerprint density at radius 2 is 2.40 bits per heavy atom. The van der Waals surface area contributed by atoms with Gasteiger partial charge in [0.25, 0.3) is 0 Å². The van der Waals surface area contributed by atoms with Gasteiger partial charge in [-0.3, -0.25) is 0 Å². The lowest BCUT2D eigenvalue weighted by Crippen LogP contribution is -2.15. The molecular weight excluding hydrogens is 127 g/mol. The maximum Gasteiger partial charge on any atom is 0.106 e. The predicted molar refractivity (Wildman–Crippen MR) is 41.7 cm³/mol. The minimum absolute atomic E-state index is 0.156. The summed E-state index contributed by atoms with van der Waals surface area (Å²) >= 11 is 0. The molecule has 0 amide bonds. The Kier molecular flexibility index (Phi) is 2.47. The number of rotatable bonds is 1. The van der Waals surface area contributed by atoms with E-state index in [1.807, 2.05) is 6.92 Å². The largest absolute Gasteiger partial charge is 0.247 e. The molecule has 0 saturated carbocycles. The molecule has 0 bridgehead atoms. The molecule has 0 spiro atoms. The Morgan fingerprint density at radius 1 is 1.70 bits per heavy atom. The van der Waals surface area contributed by atoms with Crippen molar-refractivity contribution in [2.75, 3.05) is 0 Å². The van der Waals surface area contributed by atoms with Gasteiger partial charge in [-0.1, -0.05) is 25.5 Å². The number of hydrogen-bond donors (Lipinski definition) is 0. The van der Waals surface area contributed by atoms with Crippen molar-refractivity contribution in [3.8, 4) is 0 Å². The Morgan fingerprint density at radius 3 is 2.90 bits per heavy atom. The molecule has 0 aliphatic heterocycles. The standard InChI is InChI=1S/C9H15F/c1-3-8-4-5-9(10)7(2)6-8/h6-7,9H,3-5H2,1-2H3. The van der Waals surface area contributed by atoms with E-state index in [-0.39, 0.29) is 5.92 Å². The lowest BCUT2D eigenvalue weighted by Gasteiger charge is -2.20. The van der Waals surface area contributed by atoms with Crippen LogP contribution in [0.15, 0.2) is 11.6 Å². The van der Waals surface area contributed by atoms with Crippen molar-refractivity contribution >= 4 is 0 Å². The Labute approximate surface area is 62.1 Å². The highest BCUT2D eigenvalue weighted by atomic mass is 19.1. The van der Waals surface area contributed by atoms with Crippen LogP contribution in [0.1, 0.15) is 33.1 Å². The first-order chi connectivity index (χ1) is 4.74. The highest BCUT2D eigenvalue weighted by Crippen LogP contribution is 2.26. The topological polar surface area (TPSA) is 0 Å². The summed E-state index contributed by atoms with van der Waals surface area (Å²) < 4.78 is 12.8. The van der Waals surface area contributed by atoms with Crippen molar-refractivity contribution in [2.24, 2.45) is 5.92 Å². The van der Waals surface area contributed by atoms with Crippen LogP contribution in [-0.4, -0.2) is 6.17 Å². The Balaban J connectivity index is 2.56. The van der Waals surface area contributed by atoms with Gasteiger partial charge in [0, 0.05) is 5.92 Å². The molecule has 0 nitrogen and oxygen atoms in total. The van der Waals surface area contributed by atoms with Gasteiger partial charge >= 0.3 is 0 Å². The average Bonchev–Trinajstić information content (AvgIpc) is 1.95. The van der Waals surface area contributed by atoms with E-state index in [1.165, 1.54) is 5.57 Å². The first kappa shape index (κ1) is 7.77. The quantitative estimate of drug-likeness (QED) is 0.493. The molecule has 0 radical (unpaired) electrons. The summed E-state index contributed by atoms with van der Waals surface area (Å²) in [5, 5.41) is 0. The van der Waals surface area contributed by atoms with Crippen molar-refractivity contribution in [3.63, 3.8) is 0 Å². The zero-order valence-corrected chi connectivity index (χ0v) is 6.73. The summed E-state index contributed by atoms with van der Waals surface area (Å²) in [5.41, 5.74) is 1.43. The van der Waals surface area contributed by atoms with Crippen molar-refractivity contribution in [2.45, 2.75) is 39.3 Å². The lowest BCUT2D eigenvalue weighted by molar-refractivity contribution is 0.247. The normalized spacial score (nSPS) is 33.7. The van der Waals surface area contributed by atoms with Crippen molar-refractivity contribution in [1.82, 2.24) is 0 Å². The Hall–Kier alpha value is -0.330.